The van der Waals surface area contributed by atoms with Gasteiger partial charge in [0.1, 0.15) is 0 Å². The van der Waals surface area contributed by atoms with E-state index in [2.05, 4.69) is 56.0 Å². The van der Waals surface area contributed by atoms with Gasteiger partial charge in [-0.2, -0.15) is 0 Å². The second kappa shape index (κ2) is 8.81. The van der Waals surface area contributed by atoms with Gasteiger partial charge in [0.15, 0.2) is 0 Å². The molecule has 0 amide bonds. The first-order valence-corrected chi connectivity index (χ1v) is 9.07. The minimum absolute atomic E-state index is 0.135. The van der Waals surface area contributed by atoms with E-state index in [9.17, 15) is 5.11 Å². The summed E-state index contributed by atoms with van der Waals surface area (Å²) in [6.45, 7) is 9.62. The van der Waals surface area contributed by atoms with Crippen LogP contribution in [-0.4, -0.2) is 48.0 Å². The van der Waals surface area contributed by atoms with Crippen LogP contribution < -0.4 is 0 Å². The Morgan fingerprint density at radius 3 is 2.48 bits per heavy atom. The lowest BCUT2D eigenvalue weighted by Gasteiger charge is -2.34. The van der Waals surface area contributed by atoms with Crippen molar-refractivity contribution in [1.82, 2.24) is 4.90 Å². The number of nitrogens with zero attached hydrogens (tertiary/aromatic N) is 1. The SMILES string of the molecule is CCC(C)(C)OCC(O)CN1CCC(Cc2ccccc2)CC1. The highest BCUT2D eigenvalue weighted by Gasteiger charge is 2.23. The molecule has 1 fully saturated rings. The number of benzene rings is 1. The zero-order valence-electron chi connectivity index (χ0n) is 15.0. The summed E-state index contributed by atoms with van der Waals surface area (Å²) >= 11 is 0. The van der Waals surface area contributed by atoms with Crippen LogP contribution in [0.15, 0.2) is 30.3 Å². The first-order valence-electron chi connectivity index (χ1n) is 9.07. The number of likely N-dealkylation sites (tertiary alicyclic amines) is 1. The number of hydrogen-bond donors (Lipinski definition) is 1. The second-order valence-electron chi connectivity index (χ2n) is 7.51. The van der Waals surface area contributed by atoms with Crippen LogP contribution in [-0.2, 0) is 11.2 Å². The summed E-state index contributed by atoms with van der Waals surface area (Å²) in [5.74, 6) is 0.779. The topological polar surface area (TPSA) is 32.7 Å². The lowest BCUT2D eigenvalue weighted by atomic mass is 9.90. The fraction of sp³-hybridized carbons (Fsp3) is 0.700. The third kappa shape index (κ3) is 6.62. The van der Waals surface area contributed by atoms with Gasteiger partial charge in [0.25, 0.3) is 0 Å². The van der Waals surface area contributed by atoms with Gasteiger partial charge in [-0.3, -0.25) is 0 Å². The van der Waals surface area contributed by atoms with Gasteiger partial charge in [-0.1, -0.05) is 37.3 Å². The Morgan fingerprint density at radius 1 is 1.22 bits per heavy atom. The lowest BCUT2D eigenvalue weighted by molar-refractivity contribution is -0.0686. The fourth-order valence-corrected chi connectivity index (χ4v) is 3.10. The average Bonchev–Trinajstić information content (AvgIpc) is 2.56. The second-order valence-corrected chi connectivity index (χ2v) is 7.51. The first kappa shape index (κ1) is 18.4. The Morgan fingerprint density at radius 2 is 1.87 bits per heavy atom. The summed E-state index contributed by atoms with van der Waals surface area (Å²) in [6.07, 6.45) is 4.22. The molecule has 0 bridgehead atoms. The molecule has 1 N–H and O–H groups in total. The van der Waals surface area contributed by atoms with Crippen molar-refractivity contribution in [3.05, 3.63) is 35.9 Å². The molecule has 130 valence electrons. The van der Waals surface area contributed by atoms with Crippen molar-refractivity contribution in [2.45, 2.75) is 58.2 Å². The summed E-state index contributed by atoms with van der Waals surface area (Å²) in [5.41, 5.74) is 1.31. The van der Waals surface area contributed by atoms with Crippen molar-refractivity contribution >= 4 is 0 Å². The standard InChI is InChI=1S/C20H33NO2/c1-4-20(2,3)23-16-19(22)15-21-12-10-18(11-13-21)14-17-8-6-5-7-9-17/h5-9,18-19,22H,4,10-16H2,1-3H3. The Balaban J connectivity index is 1.66. The predicted octanol–water partition coefficient (Wildman–Crippen LogP) is 3.51. The third-order valence-corrected chi connectivity index (χ3v) is 5.06. The maximum Gasteiger partial charge on any atom is 0.0900 e. The van der Waals surface area contributed by atoms with Gasteiger partial charge < -0.3 is 14.7 Å². The zero-order chi connectivity index (χ0) is 16.7. The molecule has 2 rings (SSSR count). The van der Waals surface area contributed by atoms with E-state index in [1.807, 2.05) is 0 Å². The minimum atomic E-state index is -0.383. The van der Waals surface area contributed by atoms with Crippen LogP contribution in [0.3, 0.4) is 0 Å². The van der Waals surface area contributed by atoms with Crippen LogP contribution in [0.25, 0.3) is 0 Å². The minimum Gasteiger partial charge on any atom is -0.389 e. The van der Waals surface area contributed by atoms with Crippen molar-refractivity contribution in [1.29, 1.82) is 0 Å². The van der Waals surface area contributed by atoms with Gasteiger partial charge in [0.2, 0.25) is 0 Å². The molecule has 1 atom stereocenters. The van der Waals surface area contributed by atoms with Crippen molar-refractivity contribution in [2.24, 2.45) is 5.92 Å². The number of piperidine rings is 1. The number of hydrogen-bond acceptors (Lipinski definition) is 3. The number of rotatable bonds is 8. The highest BCUT2D eigenvalue weighted by atomic mass is 16.5. The molecule has 1 aromatic carbocycles. The molecule has 1 aliphatic heterocycles. The third-order valence-electron chi connectivity index (χ3n) is 5.06. The Kier molecular flexibility index (Phi) is 7.07. The highest BCUT2D eigenvalue weighted by molar-refractivity contribution is 5.15. The van der Waals surface area contributed by atoms with Crippen LogP contribution in [0, 0.1) is 5.92 Å². The fourth-order valence-electron chi connectivity index (χ4n) is 3.10. The molecular formula is C20H33NO2. The van der Waals surface area contributed by atoms with E-state index in [4.69, 9.17) is 4.74 Å². The van der Waals surface area contributed by atoms with Crippen molar-refractivity contribution in [3.63, 3.8) is 0 Å². The van der Waals surface area contributed by atoms with Crippen LogP contribution in [0.4, 0.5) is 0 Å². The number of β-amino-alcohol motifs (C(OH)–C–C–N with tert-alkyl or cyclic N) is 1. The van der Waals surface area contributed by atoms with Gasteiger partial charge in [-0.15, -0.1) is 0 Å². The molecule has 3 nitrogen and oxygen atoms in total. The maximum absolute atomic E-state index is 10.2. The summed E-state index contributed by atoms with van der Waals surface area (Å²) in [6, 6.07) is 10.8. The van der Waals surface area contributed by atoms with E-state index >= 15 is 0 Å². The van der Waals surface area contributed by atoms with Crippen LogP contribution in [0.2, 0.25) is 0 Å². The highest BCUT2D eigenvalue weighted by Crippen LogP contribution is 2.22. The molecule has 1 aromatic rings. The molecule has 0 aromatic heterocycles. The molecule has 1 aliphatic rings. The normalized spacial score (nSPS) is 19.0. The van der Waals surface area contributed by atoms with E-state index in [1.165, 1.54) is 24.8 Å². The Bertz CT molecular complexity index is 438. The summed E-state index contributed by atoms with van der Waals surface area (Å²) in [4.78, 5) is 2.38. The van der Waals surface area contributed by atoms with Gasteiger partial charge >= 0.3 is 0 Å². The molecule has 0 spiro atoms. The van der Waals surface area contributed by atoms with Gasteiger partial charge in [-0.05, 0) is 64.1 Å². The van der Waals surface area contributed by atoms with E-state index in [0.717, 1.165) is 32.0 Å². The summed E-state index contributed by atoms with van der Waals surface area (Å²) < 4.78 is 5.81. The monoisotopic (exact) mass is 319 g/mol. The quantitative estimate of drug-likeness (QED) is 0.796. The average molecular weight is 319 g/mol. The predicted molar refractivity (Wildman–Crippen MR) is 95.6 cm³/mol. The Labute approximate surface area is 141 Å². The zero-order valence-corrected chi connectivity index (χ0v) is 15.0. The number of aliphatic hydroxyl groups excluding tert-OH is 1. The largest absolute Gasteiger partial charge is 0.389 e. The molecule has 23 heavy (non-hydrogen) atoms. The Hall–Kier alpha value is -0.900. The van der Waals surface area contributed by atoms with Crippen LogP contribution in [0.5, 0.6) is 0 Å². The van der Waals surface area contributed by atoms with Gasteiger partial charge in [0.05, 0.1) is 18.3 Å². The number of aliphatic hydroxyl groups is 1. The smallest absolute Gasteiger partial charge is 0.0900 e. The molecule has 1 heterocycles. The van der Waals surface area contributed by atoms with Gasteiger partial charge in [-0.25, -0.2) is 0 Å². The van der Waals surface area contributed by atoms with E-state index in [0.29, 0.717) is 6.61 Å². The van der Waals surface area contributed by atoms with Crippen LogP contribution in [0.1, 0.15) is 45.6 Å². The molecule has 1 unspecified atom stereocenters. The van der Waals surface area contributed by atoms with Gasteiger partial charge in [0, 0.05) is 6.54 Å². The molecule has 0 saturated carbocycles. The van der Waals surface area contributed by atoms with E-state index < -0.39 is 0 Å². The van der Waals surface area contributed by atoms with E-state index in [1.54, 1.807) is 0 Å². The summed E-state index contributed by atoms with van der Waals surface area (Å²) in [7, 11) is 0. The lowest BCUT2D eigenvalue weighted by Crippen LogP contribution is -2.41. The summed E-state index contributed by atoms with van der Waals surface area (Å²) in [5, 5.41) is 10.2. The van der Waals surface area contributed by atoms with Crippen molar-refractivity contribution in [2.75, 3.05) is 26.2 Å². The van der Waals surface area contributed by atoms with Crippen LogP contribution >= 0.6 is 0 Å². The molecular weight excluding hydrogens is 286 g/mol. The maximum atomic E-state index is 10.2. The molecule has 0 aliphatic carbocycles. The molecule has 0 radical (unpaired) electrons. The van der Waals surface area contributed by atoms with E-state index in [-0.39, 0.29) is 11.7 Å². The van der Waals surface area contributed by atoms with Crippen molar-refractivity contribution < 1.29 is 9.84 Å². The molecule has 3 heteroatoms. The van der Waals surface area contributed by atoms with Crippen molar-refractivity contribution in [3.8, 4) is 0 Å². The number of ether oxygens (including phenoxy) is 1. The molecule has 1 saturated heterocycles. The first-order chi connectivity index (χ1) is 11.0.